The van der Waals surface area contributed by atoms with Crippen LogP contribution in [0.25, 0.3) is 6.08 Å². The van der Waals surface area contributed by atoms with Gasteiger partial charge in [-0.1, -0.05) is 24.8 Å². The summed E-state index contributed by atoms with van der Waals surface area (Å²) in [6, 6.07) is 7.51. The Kier molecular flexibility index (Phi) is 5.97. The molecule has 1 aromatic carbocycles. The normalized spacial score (nSPS) is 15.0. The Hall–Kier alpha value is -2.56. The van der Waals surface area contributed by atoms with Crippen molar-refractivity contribution < 1.29 is 19.1 Å². The highest BCUT2D eigenvalue weighted by atomic mass is 16.5. The van der Waals surface area contributed by atoms with Crippen molar-refractivity contribution in [1.29, 1.82) is 0 Å². The molecule has 1 amide bonds. The van der Waals surface area contributed by atoms with Crippen molar-refractivity contribution >= 4 is 18.0 Å². The maximum Gasteiger partial charge on any atom is 0.331 e. The van der Waals surface area contributed by atoms with Crippen LogP contribution in [-0.2, 0) is 14.3 Å². The van der Waals surface area contributed by atoms with Gasteiger partial charge >= 0.3 is 5.97 Å². The summed E-state index contributed by atoms with van der Waals surface area (Å²) < 4.78 is 10.4. The zero-order valence-corrected chi connectivity index (χ0v) is 13.2. The highest BCUT2D eigenvalue weighted by Gasteiger charge is 2.26. The Morgan fingerprint density at radius 1 is 1.35 bits per heavy atom. The summed E-state index contributed by atoms with van der Waals surface area (Å²) in [7, 11) is 0. The van der Waals surface area contributed by atoms with Gasteiger partial charge in [0.1, 0.15) is 12.4 Å². The number of ether oxygens (including phenoxy) is 2. The number of rotatable bonds is 8. The SMILES string of the molecule is C=CCOc1ccc(/C=C/C(=O)O[C@@H](C)C(=O)NC2CC2)cc1. The molecule has 5 nitrogen and oxygen atoms in total. The lowest BCUT2D eigenvalue weighted by atomic mass is 10.2. The van der Waals surface area contributed by atoms with E-state index < -0.39 is 12.1 Å². The Balaban J connectivity index is 1.80. The van der Waals surface area contributed by atoms with Crippen molar-refractivity contribution in [3.63, 3.8) is 0 Å². The molecule has 1 atom stereocenters. The first-order valence-electron chi connectivity index (χ1n) is 7.61. The summed E-state index contributed by atoms with van der Waals surface area (Å²) in [6.45, 7) is 5.59. The summed E-state index contributed by atoms with van der Waals surface area (Å²) in [5.41, 5.74) is 0.836. The molecule has 2 rings (SSSR count). The maximum atomic E-state index is 11.7. The summed E-state index contributed by atoms with van der Waals surface area (Å²) in [5, 5.41) is 2.79. The van der Waals surface area contributed by atoms with Crippen molar-refractivity contribution in [2.24, 2.45) is 0 Å². The van der Waals surface area contributed by atoms with Crippen molar-refractivity contribution in [2.75, 3.05) is 6.61 Å². The molecular formula is C18H21NO4. The molecule has 1 aliphatic carbocycles. The fourth-order valence-electron chi connectivity index (χ4n) is 1.81. The van der Waals surface area contributed by atoms with Gasteiger partial charge in [0.25, 0.3) is 5.91 Å². The number of hydrogen-bond acceptors (Lipinski definition) is 4. The van der Waals surface area contributed by atoms with Crippen molar-refractivity contribution in [3.05, 3.63) is 48.6 Å². The van der Waals surface area contributed by atoms with E-state index in [-0.39, 0.29) is 11.9 Å². The second kappa shape index (κ2) is 8.17. The van der Waals surface area contributed by atoms with Gasteiger partial charge < -0.3 is 14.8 Å². The molecule has 1 aromatic rings. The summed E-state index contributed by atoms with van der Waals surface area (Å²) in [5.74, 6) is -0.0663. The first-order valence-corrected chi connectivity index (χ1v) is 7.61. The molecule has 1 fully saturated rings. The zero-order valence-electron chi connectivity index (χ0n) is 13.2. The van der Waals surface area contributed by atoms with Crippen LogP contribution in [0.1, 0.15) is 25.3 Å². The third-order valence-corrected chi connectivity index (χ3v) is 3.25. The van der Waals surface area contributed by atoms with E-state index >= 15 is 0 Å². The van der Waals surface area contributed by atoms with Gasteiger partial charge in [-0.15, -0.1) is 0 Å². The van der Waals surface area contributed by atoms with Gasteiger partial charge in [-0.2, -0.15) is 0 Å². The molecule has 0 unspecified atom stereocenters. The predicted octanol–water partition coefficient (Wildman–Crippen LogP) is 2.47. The fourth-order valence-corrected chi connectivity index (χ4v) is 1.81. The Bertz CT molecular complexity index is 588. The van der Waals surface area contributed by atoms with Crippen LogP contribution in [0.3, 0.4) is 0 Å². The molecular weight excluding hydrogens is 294 g/mol. The Morgan fingerprint density at radius 2 is 2.04 bits per heavy atom. The van der Waals surface area contributed by atoms with Crippen LogP contribution in [0.2, 0.25) is 0 Å². The third-order valence-electron chi connectivity index (χ3n) is 3.25. The highest BCUT2D eigenvalue weighted by molar-refractivity contribution is 5.90. The van der Waals surface area contributed by atoms with Crippen LogP contribution in [-0.4, -0.2) is 30.6 Å². The smallest absolute Gasteiger partial charge is 0.331 e. The number of hydrogen-bond donors (Lipinski definition) is 1. The molecule has 0 aliphatic heterocycles. The molecule has 0 radical (unpaired) electrons. The van der Waals surface area contributed by atoms with E-state index in [1.165, 1.54) is 6.08 Å². The van der Waals surface area contributed by atoms with Crippen molar-refractivity contribution in [2.45, 2.75) is 31.9 Å². The van der Waals surface area contributed by atoms with Crippen LogP contribution >= 0.6 is 0 Å². The molecule has 0 spiro atoms. The average Bonchev–Trinajstić information content (AvgIpc) is 3.35. The zero-order chi connectivity index (χ0) is 16.7. The number of carbonyl (C=O) groups is 2. The summed E-state index contributed by atoms with van der Waals surface area (Å²) >= 11 is 0. The predicted molar refractivity (Wildman–Crippen MR) is 87.9 cm³/mol. The van der Waals surface area contributed by atoms with E-state index in [1.54, 1.807) is 31.2 Å². The molecule has 1 aliphatic rings. The van der Waals surface area contributed by atoms with E-state index in [1.807, 2.05) is 12.1 Å². The number of benzene rings is 1. The van der Waals surface area contributed by atoms with Gasteiger partial charge in [-0.05, 0) is 43.5 Å². The lowest BCUT2D eigenvalue weighted by molar-refractivity contribution is -0.150. The highest BCUT2D eigenvalue weighted by Crippen LogP contribution is 2.18. The molecule has 1 saturated carbocycles. The van der Waals surface area contributed by atoms with E-state index in [0.29, 0.717) is 6.61 Å². The van der Waals surface area contributed by atoms with Gasteiger partial charge in [-0.3, -0.25) is 4.79 Å². The van der Waals surface area contributed by atoms with Gasteiger partial charge in [0.05, 0.1) is 0 Å². The van der Waals surface area contributed by atoms with Gasteiger partial charge in [0.2, 0.25) is 0 Å². The van der Waals surface area contributed by atoms with Crippen molar-refractivity contribution in [3.8, 4) is 5.75 Å². The lowest BCUT2D eigenvalue weighted by Crippen LogP contribution is -2.36. The molecule has 0 saturated heterocycles. The molecule has 0 bridgehead atoms. The first kappa shape index (κ1) is 16.8. The fraction of sp³-hybridized carbons (Fsp3) is 0.333. The van der Waals surface area contributed by atoms with E-state index in [9.17, 15) is 9.59 Å². The molecule has 0 aromatic heterocycles. The lowest BCUT2D eigenvalue weighted by Gasteiger charge is -2.11. The largest absolute Gasteiger partial charge is 0.490 e. The van der Waals surface area contributed by atoms with Crippen LogP contribution in [0.15, 0.2) is 43.0 Å². The number of amides is 1. The number of carbonyl (C=O) groups excluding carboxylic acids is 2. The second-order valence-corrected chi connectivity index (χ2v) is 5.36. The summed E-state index contributed by atoms with van der Waals surface area (Å²) in [6.07, 6.45) is 5.82. The number of nitrogens with one attached hydrogen (secondary N) is 1. The van der Waals surface area contributed by atoms with E-state index in [2.05, 4.69) is 11.9 Å². The Morgan fingerprint density at radius 3 is 2.65 bits per heavy atom. The van der Waals surface area contributed by atoms with E-state index in [0.717, 1.165) is 24.2 Å². The topological polar surface area (TPSA) is 64.6 Å². The van der Waals surface area contributed by atoms with Gasteiger partial charge in [0.15, 0.2) is 6.10 Å². The summed E-state index contributed by atoms with van der Waals surface area (Å²) in [4.78, 5) is 23.4. The standard InChI is InChI=1S/C18H21NO4/c1-3-12-22-16-9-4-14(5-10-16)6-11-17(20)23-13(2)18(21)19-15-7-8-15/h3-6,9-11,13,15H,1,7-8,12H2,2H3,(H,19,21)/b11-6+/t13-/m0/s1. The monoisotopic (exact) mass is 315 g/mol. The minimum atomic E-state index is -0.789. The minimum absolute atomic E-state index is 0.251. The van der Waals surface area contributed by atoms with Gasteiger partial charge in [-0.25, -0.2) is 4.79 Å². The quantitative estimate of drug-likeness (QED) is 0.455. The molecule has 23 heavy (non-hydrogen) atoms. The molecule has 1 N–H and O–H groups in total. The average molecular weight is 315 g/mol. The van der Waals surface area contributed by atoms with E-state index in [4.69, 9.17) is 9.47 Å². The molecule has 0 heterocycles. The van der Waals surface area contributed by atoms with Crippen LogP contribution in [0, 0.1) is 0 Å². The minimum Gasteiger partial charge on any atom is -0.490 e. The van der Waals surface area contributed by atoms with Gasteiger partial charge in [0, 0.05) is 12.1 Å². The van der Waals surface area contributed by atoms with Crippen LogP contribution in [0.5, 0.6) is 5.75 Å². The molecule has 5 heteroatoms. The maximum absolute atomic E-state index is 11.7. The van der Waals surface area contributed by atoms with Crippen molar-refractivity contribution in [1.82, 2.24) is 5.32 Å². The number of esters is 1. The third kappa shape index (κ3) is 5.98. The second-order valence-electron chi connectivity index (χ2n) is 5.36. The Labute approximate surface area is 136 Å². The first-order chi connectivity index (χ1) is 11.1. The molecule has 122 valence electrons. The van der Waals surface area contributed by atoms with Crippen LogP contribution < -0.4 is 10.1 Å². The van der Waals surface area contributed by atoms with Crippen LogP contribution in [0.4, 0.5) is 0 Å².